The zero-order chi connectivity index (χ0) is 21.9. The molecule has 0 fully saturated rings. The molecule has 5 rings (SSSR count). The lowest BCUT2D eigenvalue weighted by atomic mass is 10.2. The van der Waals surface area contributed by atoms with Crippen LogP contribution in [-0.2, 0) is 5.88 Å². The van der Waals surface area contributed by atoms with E-state index in [0.717, 1.165) is 11.3 Å². The highest BCUT2D eigenvalue weighted by Gasteiger charge is 2.19. The average Bonchev–Trinajstić information content (AvgIpc) is 3.28. The molecule has 0 N–H and O–H groups in total. The lowest BCUT2D eigenvalue weighted by molar-refractivity contribution is 0.416. The molecule has 5 aromatic rings. The van der Waals surface area contributed by atoms with Crippen molar-refractivity contribution in [3.8, 4) is 22.8 Å². The summed E-state index contributed by atoms with van der Waals surface area (Å²) in [5, 5.41) is 18.2. The smallest absolute Gasteiger partial charge is 0.278 e. The van der Waals surface area contributed by atoms with Gasteiger partial charge in [-0.2, -0.15) is 4.68 Å². The fraction of sp³-hybridized carbons (Fsp3) is 0.0870. The SMILES string of the molecule is COc1ccccc1-c1nnc(SCn2nnc3ccccc3c2=O)n1-c1ccccc1. The van der Waals surface area contributed by atoms with Gasteiger partial charge in [-0.05, 0) is 36.4 Å². The largest absolute Gasteiger partial charge is 0.496 e. The van der Waals surface area contributed by atoms with E-state index in [4.69, 9.17) is 4.74 Å². The van der Waals surface area contributed by atoms with Gasteiger partial charge in [-0.1, -0.05) is 59.4 Å². The van der Waals surface area contributed by atoms with E-state index in [0.29, 0.717) is 27.6 Å². The molecule has 32 heavy (non-hydrogen) atoms. The number of para-hydroxylation sites is 2. The summed E-state index contributed by atoms with van der Waals surface area (Å²) in [5.74, 6) is 1.59. The van der Waals surface area contributed by atoms with Crippen molar-refractivity contribution in [1.82, 2.24) is 29.8 Å². The second-order valence-electron chi connectivity index (χ2n) is 6.86. The number of nitrogens with zero attached hydrogens (tertiary/aromatic N) is 6. The Morgan fingerprint density at radius 3 is 2.47 bits per heavy atom. The van der Waals surface area contributed by atoms with Gasteiger partial charge in [-0.15, -0.1) is 15.3 Å². The molecule has 0 saturated heterocycles. The third-order valence-corrected chi connectivity index (χ3v) is 5.84. The predicted octanol–water partition coefficient (Wildman–Crippen LogP) is 3.80. The zero-order valence-electron chi connectivity index (χ0n) is 17.1. The summed E-state index contributed by atoms with van der Waals surface area (Å²) in [5.41, 5.74) is 2.10. The fourth-order valence-corrected chi connectivity index (χ4v) is 4.23. The maximum atomic E-state index is 12.8. The van der Waals surface area contributed by atoms with E-state index in [1.165, 1.54) is 16.4 Å². The van der Waals surface area contributed by atoms with Gasteiger partial charge < -0.3 is 4.74 Å². The number of rotatable bonds is 6. The topological polar surface area (TPSA) is 87.7 Å². The summed E-state index contributed by atoms with van der Waals surface area (Å²) in [6.07, 6.45) is 0. The van der Waals surface area contributed by atoms with Gasteiger partial charge in [-0.25, -0.2) is 0 Å². The Balaban J connectivity index is 1.56. The van der Waals surface area contributed by atoms with Crippen LogP contribution in [0.1, 0.15) is 0 Å². The Hall–Kier alpha value is -3.98. The van der Waals surface area contributed by atoms with Gasteiger partial charge in [0.25, 0.3) is 5.56 Å². The van der Waals surface area contributed by atoms with Crippen molar-refractivity contribution >= 4 is 22.7 Å². The van der Waals surface area contributed by atoms with Crippen LogP contribution in [0.4, 0.5) is 0 Å². The molecule has 0 aliphatic rings. The molecule has 0 atom stereocenters. The minimum Gasteiger partial charge on any atom is -0.496 e. The van der Waals surface area contributed by atoms with Crippen LogP contribution in [0.15, 0.2) is 88.8 Å². The molecular weight excluding hydrogens is 424 g/mol. The van der Waals surface area contributed by atoms with Gasteiger partial charge >= 0.3 is 0 Å². The quantitative estimate of drug-likeness (QED) is 0.370. The van der Waals surface area contributed by atoms with Crippen LogP contribution in [0.3, 0.4) is 0 Å². The Bertz CT molecular complexity index is 1450. The van der Waals surface area contributed by atoms with Crippen LogP contribution in [0, 0.1) is 0 Å². The first-order valence-electron chi connectivity index (χ1n) is 9.86. The van der Waals surface area contributed by atoms with E-state index in [1.54, 1.807) is 19.2 Å². The number of thioether (sulfide) groups is 1. The monoisotopic (exact) mass is 442 g/mol. The molecule has 0 bridgehead atoms. The van der Waals surface area contributed by atoms with E-state index in [9.17, 15) is 4.79 Å². The maximum absolute atomic E-state index is 12.8. The van der Waals surface area contributed by atoms with Crippen molar-refractivity contribution in [2.75, 3.05) is 7.11 Å². The molecular formula is C23H18N6O2S. The molecule has 0 aliphatic heterocycles. The van der Waals surface area contributed by atoms with Gasteiger partial charge in [0.2, 0.25) is 0 Å². The van der Waals surface area contributed by atoms with Gasteiger partial charge in [0.05, 0.1) is 23.9 Å². The van der Waals surface area contributed by atoms with E-state index >= 15 is 0 Å². The molecule has 2 heterocycles. The number of fused-ring (bicyclic) bond motifs is 1. The van der Waals surface area contributed by atoms with E-state index < -0.39 is 0 Å². The Morgan fingerprint density at radius 1 is 0.875 bits per heavy atom. The molecule has 0 spiro atoms. The van der Waals surface area contributed by atoms with Gasteiger partial charge in [-0.3, -0.25) is 9.36 Å². The maximum Gasteiger partial charge on any atom is 0.278 e. The summed E-state index contributed by atoms with van der Waals surface area (Å²) in [7, 11) is 1.63. The first kappa shape index (κ1) is 20.0. The summed E-state index contributed by atoms with van der Waals surface area (Å²) in [4.78, 5) is 12.8. The summed E-state index contributed by atoms with van der Waals surface area (Å²) in [6.45, 7) is 0. The third kappa shape index (κ3) is 3.63. The van der Waals surface area contributed by atoms with Crippen LogP contribution < -0.4 is 10.3 Å². The molecule has 0 aliphatic carbocycles. The van der Waals surface area contributed by atoms with Crippen molar-refractivity contribution in [2.24, 2.45) is 0 Å². The normalized spacial score (nSPS) is 11.0. The molecule has 9 heteroatoms. The van der Waals surface area contributed by atoms with Crippen molar-refractivity contribution in [3.05, 3.63) is 89.2 Å². The highest BCUT2D eigenvalue weighted by molar-refractivity contribution is 7.98. The van der Waals surface area contributed by atoms with Gasteiger partial charge in [0.1, 0.15) is 11.3 Å². The minimum atomic E-state index is -0.196. The first-order chi connectivity index (χ1) is 15.8. The molecule has 0 unspecified atom stereocenters. The number of aromatic nitrogens is 6. The molecule has 0 saturated carbocycles. The third-order valence-electron chi connectivity index (χ3n) is 4.94. The summed E-state index contributed by atoms with van der Waals surface area (Å²) < 4.78 is 8.81. The molecule has 0 radical (unpaired) electrons. The van der Waals surface area contributed by atoms with Gasteiger partial charge in [0, 0.05) is 5.69 Å². The van der Waals surface area contributed by atoms with Crippen molar-refractivity contribution in [3.63, 3.8) is 0 Å². The van der Waals surface area contributed by atoms with Crippen molar-refractivity contribution in [1.29, 1.82) is 0 Å². The van der Waals surface area contributed by atoms with Crippen LogP contribution in [0.25, 0.3) is 28.0 Å². The predicted molar refractivity (Wildman–Crippen MR) is 123 cm³/mol. The second-order valence-corrected chi connectivity index (χ2v) is 7.77. The van der Waals surface area contributed by atoms with Crippen LogP contribution >= 0.6 is 11.8 Å². The Morgan fingerprint density at radius 2 is 1.62 bits per heavy atom. The number of benzene rings is 3. The number of methoxy groups -OCH3 is 1. The molecule has 2 aromatic heterocycles. The molecule has 3 aromatic carbocycles. The summed E-state index contributed by atoms with van der Waals surface area (Å²) in [6, 6.07) is 24.6. The first-order valence-corrected chi connectivity index (χ1v) is 10.8. The van der Waals surface area contributed by atoms with E-state index in [-0.39, 0.29) is 11.4 Å². The standard InChI is InChI=1S/C23H18N6O2S/c1-31-20-14-8-6-12-18(20)21-25-26-23(29(21)16-9-3-2-4-10-16)32-15-28-22(30)17-11-5-7-13-19(17)24-27-28/h2-14H,15H2,1H3. The number of hydrogen-bond acceptors (Lipinski definition) is 7. The van der Waals surface area contributed by atoms with Crippen molar-refractivity contribution in [2.45, 2.75) is 11.0 Å². The lowest BCUT2D eigenvalue weighted by Gasteiger charge is -2.12. The van der Waals surface area contributed by atoms with E-state index in [2.05, 4.69) is 20.5 Å². The number of ether oxygens (including phenoxy) is 1. The Kier molecular flexibility index (Phi) is 5.39. The van der Waals surface area contributed by atoms with Crippen LogP contribution in [0.5, 0.6) is 5.75 Å². The Labute approximate surface area is 187 Å². The van der Waals surface area contributed by atoms with Gasteiger partial charge in [0.15, 0.2) is 11.0 Å². The molecule has 8 nitrogen and oxygen atoms in total. The highest BCUT2D eigenvalue weighted by Crippen LogP contribution is 2.33. The summed E-state index contributed by atoms with van der Waals surface area (Å²) >= 11 is 1.36. The van der Waals surface area contributed by atoms with Crippen LogP contribution in [0.2, 0.25) is 0 Å². The van der Waals surface area contributed by atoms with E-state index in [1.807, 2.05) is 71.3 Å². The molecule has 0 amide bonds. The highest BCUT2D eigenvalue weighted by atomic mass is 32.2. The second kappa shape index (κ2) is 8.64. The minimum absolute atomic E-state index is 0.196. The number of hydrogen-bond donors (Lipinski definition) is 0. The average molecular weight is 443 g/mol. The zero-order valence-corrected chi connectivity index (χ0v) is 17.9. The molecule has 158 valence electrons. The van der Waals surface area contributed by atoms with Crippen molar-refractivity contribution < 1.29 is 4.74 Å². The van der Waals surface area contributed by atoms with Crippen LogP contribution in [-0.4, -0.2) is 36.9 Å². The lowest BCUT2D eigenvalue weighted by Crippen LogP contribution is -2.23. The fourth-order valence-electron chi connectivity index (χ4n) is 3.40.